The zero-order chi connectivity index (χ0) is 8.10. The molecule has 1 saturated carbocycles. The van der Waals surface area contributed by atoms with Crippen molar-refractivity contribution in [1.29, 1.82) is 0 Å². The molecule has 0 aromatic rings. The molecule has 0 radical (unpaired) electrons. The maximum atomic E-state index is 9.01. The van der Waals surface area contributed by atoms with Crippen LogP contribution >= 0.6 is 0 Å². The first kappa shape index (κ1) is 8.79. The highest BCUT2D eigenvalue weighted by atomic mass is 16.3. The zero-order valence-electron chi connectivity index (χ0n) is 7.34. The van der Waals surface area contributed by atoms with Gasteiger partial charge in [-0.2, -0.15) is 0 Å². The second kappa shape index (κ2) is 4.55. The van der Waals surface area contributed by atoms with Crippen molar-refractivity contribution in [3.05, 3.63) is 11.6 Å². The summed E-state index contributed by atoms with van der Waals surface area (Å²) in [6.45, 7) is 2.29. The molecule has 11 heavy (non-hydrogen) atoms. The molecule has 64 valence electrons. The second-order valence-electron chi connectivity index (χ2n) is 3.36. The van der Waals surface area contributed by atoms with Gasteiger partial charge in [0.05, 0.1) is 6.61 Å². The van der Waals surface area contributed by atoms with Gasteiger partial charge in [-0.25, -0.2) is 0 Å². The van der Waals surface area contributed by atoms with Crippen molar-refractivity contribution in [3.63, 3.8) is 0 Å². The van der Waals surface area contributed by atoms with E-state index in [2.05, 4.69) is 6.08 Å². The van der Waals surface area contributed by atoms with Crippen LogP contribution in [-0.4, -0.2) is 11.7 Å². The van der Waals surface area contributed by atoms with Crippen molar-refractivity contribution < 1.29 is 5.11 Å². The van der Waals surface area contributed by atoms with E-state index in [4.69, 9.17) is 5.11 Å². The third-order valence-corrected chi connectivity index (χ3v) is 2.68. The predicted octanol–water partition coefficient (Wildman–Crippen LogP) is 2.51. The normalized spacial score (nSPS) is 22.2. The Morgan fingerprint density at radius 2 is 2.00 bits per heavy atom. The Morgan fingerprint density at radius 3 is 2.45 bits per heavy atom. The highest BCUT2D eigenvalue weighted by molar-refractivity contribution is 5.06. The molecular weight excluding hydrogens is 136 g/mol. The van der Waals surface area contributed by atoms with E-state index in [1.165, 1.54) is 37.7 Å². The first-order valence-electron chi connectivity index (χ1n) is 4.64. The van der Waals surface area contributed by atoms with E-state index < -0.39 is 0 Å². The van der Waals surface area contributed by atoms with Gasteiger partial charge in [0.1, 0.15) is 0 Å². The Labute approximate surface area is 69.1 Å². The lowest BCUT2D eigenvalue weighted by atomic mass is 9.84. The second-order valence-corrected chi connectivity index (χ2v) is 3.36. The third-order valence-electron chi connectivity index (χ3n) is 2.68. The topological polar surface area (TPSA) is 20.2 Å². The molecular formula is C10H18O. The maximum Gasteiger partial charge on any atom is 0.0644 e. The summed E-state index contributed by atoms with van der Waals surface area (Å²) in [6, 6.07) is 0. The van der Waals surface area contributed by atoms with Gasteiger partial charge in [0, 0.05) is 0 Å². The van der Waals surface area contributed by atoms with Crippen LogP contribution in [0.2, 0.25) is 0 Å². The van der Waals surface area contributed by atoms with Crippen molar-refractivity contribution in [3.8, 4) is 0 Å². The van der Waals surface area contributed by atoms with Crippen LogP contribution in [0.4, 0.5) is 0 Å². The molecule has 1 aliphatic rings. The molecule has 1 heteroatoms. The molecule has 0 saturated heterocycles. The number of aliphatic hydroxyl groups is 1. The number of hydrogen-bond acceptors (Lipinski definition) is 1. The number of allylic oxidation sites excluding steroid dienone is 1. The highest BCUT2D eigenvalue weighted by Crippen LogP contribution is 2.29. The van der Waals surface area contributed by atoms with Crippen molar-refractivity contribution in [2.45, 2.75) is 39.0 Å². The number of rotatable bonds is 2. The molecule has 0 aromatic carbocycles. The summed E-state index contributed by atoms with van der Waals surface area (Å²) in [5.41, 5.74) is 1.25. The molecule has 0 aromatic heterocycles. The van der Waals surface area contributed by atoms with E-state index in [0.29, 0.717) is 5.92 Å². The van der Waals surface area contributed by atoms with E-state index >= 15 is 0 Å². The standard InChI is InChI=1S/C10H18O/c1-2-9(8-11)10-6-4-3-5-7-10/h2,10-11H,3-8H2,1H3/b9-2-. The molecule has 0 aliphatic heterocycles. The van der Waals surface area contributed by atoms with Crippen molar-refractivity contribution in [1.82, 2.24) is 0 Å². The fraction of sp³-hybridized carbons (Fsp3) is 0.800. The molecule has 0 unspecified atom stereocenters. The quantitative estimate of drug-likeness (QED) is 0.606. The minimum absolute atomic E-state index is 0.265. The monoisotopic (exact) mass is 154 g/mol. The largest absolute Gasteiger partial charge is 0.392 e. The van der Waals surface area contributed by atoms with E-state index in [1.807, 2.05) is 6.92 Å². The van der Waals surface area contributed by atoms with Gasteiger partial charge in [-0.15, -0.1) is 0 Å². The third kappa shape index (κ3) is 2.33. The van der Waals surface area contributed by atoms with Crippen LogP contribution < -0.4 is 0 Å². The average molecular weight is 154 g/mol. The smallest absolute Gasteiger partial charge is 0.0644 e. The van der Waals surface area contributed by atoms with Crippen LogP contribution in [0.1, 0.15) is 39.0 Å². The predicted molar refractivity (Wildman–Crippen MR) is 47.4 cm³/mol. The van der Waals surface area contributed by atoms with Crippen LogP contribution in [0.5, 0.6) is 0 Å². The lowest BCUT2D eigenvalue weighted by molar-refractivity contribution is 0.293. The fourth-order valence-corrected chi connectivity index (χ4v) is 1.93. The van der Waals surface area contributed by atoms with Gasteiger partial charge >= 0.3 is 0 Å². The van der Waals surface area contributed by atoms with Gasteiger partial charge in [0.25, 0.3) is 0 Å². The zero-order valence-corrected chi connectivity index (χ0v) is 7.34. The molecule has 1 N–H and O–H groups in total. The van der Waals surface area contributed by atoms with Gasteiger partial charge in [-0.3, -0.25) is 0 Å². The Bertz CT molecular complexity index is 132. The lowest BCUT2D eigenvalue weighted by Gasteiger charge is -2.23. The van der Waals surface area contributed by atoms with Gasteiger partial charge in [-0.05, 0) is 31.3 Å². The lowest BCUT2D eigenvalue weighted by Crippen LogP contribution is -2.11. The molecule has 0 heterocycles. The van der Waals surface area contributed by atoms with Gasteiger partial charge in [0.15, 0.2) is 0 Å². The summed E-state index contributed by atoms with van der Waals surface area (Å²) >= 11 is 0. The van der Waals surface area contributed by atoms with Gasteiger partial charge in [0.2, 0.25) is 0 Å². The summed E-state index contributed by atoms with van der Waals surface area (Å²) in [4.78, 5) is 0. The van der Waals surface area contributed by atoms with E-state index in [9.17, 15) is 0 Å². The Morgan fingerprint density at radius 1 is 1.36 bits per heavy atom. The molecule has 0 amide bonds. The average Bonchev–Trinajstić information content (AvgIpc) is 2.09. The summed E-state index contributed by atoms with van der Waals surface area (Å²) < 4.78 is 0. The van der Waals surface area contributed by atoms with Crippen LogP contribution in [0.15, 0.2) is 11.6 Å². The Balaban J connectivity index is 2.43. The van der Waals surface area contributed by atoms with Gasteiger partial charge in [-0.1, -0.05) is 25.3 Å². The summed E-state index contributed by atoms with van der Waals surface area (Å²) in [5, 5.41) is 9.01. The van der Waals surface area contributed by atoms with Crippen molar-refractivity contribution in [2.24, 2.45) is 5.92 Å². The molecule has 0 bridgehead atoms. The minimum Gasteiger partial charge on any atom is -0.392 e. The van der Waals surface area contributed by atoms with E-state index in [1.54, 1.807) is 0 Å². The van der Waals surface area contributed by atoms with Crippen LogP contribution in [0.3, 0.4) is 0 Å². The van der Waals surface area contributed by atoms with E-state index in [-0.39, 0.29) is 6.61 Å². The first-order chi connectivity index (χ1) is 5.38. The van der Waals surface area contributed by atoms with Crippen LogP contribution in [0, 0.1) is 5.92 Å². The SMILES string of the molecule is C/C=C(/CO)C1CCCCC1. The maximum absolute atomic E-state index is 9.01. The summed E-state index contributed by atoms with van der Waals surface area (Å²) in [6.07, 6.45) is 8.75. The number of aliphatic hydroxyl groups excluding tert-OH is 1. The van der Waals surface area contributed by atoms with Crippen molar-refractivity contribution in [2.75, 3.05) is 6.61 Å². The van der Waals surface area contributed by atoms with Crippen LogP contribution in [-0.2, 0) is 0 Å². The highest BCUT2D eigenvalue weighted by Gasteiger charge is 2.15. The van der Waals surface area contributed by atoms with E-state index in [0.717, 1.165) is 0 Å². The fourth-order valence-electron chi connectivity index (χ4n) is 1.93. The van der Waals surface area contributed by atoms with Crippen LogP contribution in [0.25, 0.3) is 0 Å². The molecule has 0 spiro atoms. The minimum atomic E-state index is 0.265. The summed E-state index contributed by atoms with van der Waals surface area (Å²) in [7, 11) is 0. The first-order valence-corrected chi connectivity index (χ1v) is 4.64. The molecule has 1 fully saturated rings. The molecule has 1 aliphatic carbocycles. The molecule has 0 atom stereocenters. The summed E-state index contributed by atoms with van der Waals surface area (Å²) in [5.74, 6) is 0.693. The Hall–Kier alpha value is -0.300. The molecule has 1 rings (SSSR count). The van der Waals surface area contributed by atoms with Gasteiger partial charge < -0.3 is 5.11 Å². The van der Waals surface area contributed by atoms with Crippen molar-refractivity contribution >= 4 is 0 Å². The number of hydrogen-bond donors (Lipinski definition) is 1. The Kier molecular flexibility index (Phi) is 3.64. The molecule has 1 nitrogen and oxygen atoms in total.